The van der Waals surface area contributed by atoms with Gasteiger partial charge in [0, 0.05) is 50.6 Å². The number of benzene rings is 1. The Labute approximate surface area is 181 Å². The maximum atomic E-state index is 12.4. The summed E-state index contributed by atoms with van der Waals surface area (Å²) in [6.07, 6.45) is 0.157. The molecule has 0 bridgehead atoms. The van der Waals surface area contributed by atoms with Crippen LogP contribution in [0.1, 0.15) is 22.4 Å². The molecule has 1 aliphatic rings. The lowest BCUT2D eigenvalue weighted by Crippen LogP contribution is -2.48. The van der Waals surface area contributed by atoms with Gasteiger partial charge < -0.3 is 4.90 Å². The normalized spacial score (nSPS) is 15.6. The van der Waals surface area contributed by atoms with E-state index in [1.165, 1.54) is 4.88 Å². The molecule has 0 aliphatic carbocycles. The lowest BCUT2D eigenvalue weighted by atomic mass is 10.1. The molecule has 1 amide bonds. The van der Waals surface area contributed by atoms with E-state index in [4.69, 9.17) is 11.6 Å². The standard InChI is InChI=1S/C20H26ClN3O3S2/c1-15-3-5-18(13-16(15)2)29(26,27)22-8-7-20(25)24-11-9-23(10-12-24)14-17-4-6-19(21)28-17/h3-6,13,22H,7-12,14H2,1-2H3. The molecule has 0 radical (unpaired) electrons. The second-order valence-electron chi connectivity index (χ2n) is 7.26. The molecule has 0 spiro atoms. The minimum Gasteiger partial charge on any atom is -0.340 e. The van der Waals surface area contributed by atoms with E-state index in [-0.39, 0.29) is 23.8 Å². The highest BCUT2D eigenvalue weighted by Crippen LogP contribution is 2.23. The largest absolute Gasteiger partial charge is 0.340 e. The molecule has 1 aliphatic heterocycles. The van der Waals surface area contributed by atoms with Crippen LogP contribution >= 0.6 is 22.9 Å². The van der Waals surface area contributed by atoms with Crippen LogP contribution in [-0.2, 0) is 21.4 Å². The van der Waals surface area contributed by atoms with Gasteiger partial charge in [0.1, 0.15) is 0 Å². The number of nitrogens with one attached hydrogen (secondary N) is 1. The minimum atomic E-state index is -3.61. The Morgan fingerprint density at radius 1 is 1.10 bits per heavy atom. The lowest BCUT2D eigenvalue weighted by molar-refractivity contribution is -0.132. The summed E-state index contributed by atoms with van der Waals surface area (Å²) in [5.41, 5.74) is 1.96. The Bertz CT molecular complexity index is 967. The molecule has 1 N–H and O–H groups in total. The average Bonchev–Trinajstić information content (AvgIpc) is 3.09. The topological polar surface area (TPSA) is 69.7 Å². The first-order valence-corrected chi connectivity index (χ1v) is 12.2. The molecule has 0 unspecified atom stereocenters. The second-order valence-corrected chi connectivity index (χ2v) is 10.8. The van der Waals surface area contributed by atoms with Crippen molar-refractivity contribution in [3.8, 4) is 0 Å². The van der Waals surface area contributed by atoms with Crippen molar-refractivity contribution < 1.29 is 13.2 Å². The Morgan fingerprint density at radius 2 is 1.83 bits per heavy atom. The van der Waals surface area contributed by atoms with Crippen LogP contribution in [-0.4, -0.2) is 56.8 Å². The van der Waals surface area contributed by atoms with Crippen LogP contribution in [0.3, 0.4) is 0 Å². The highest BCUT2D eigenvalue weighted by molar-refractivity contribution is 7.89. The molecule has 29 heavy (non-hydrogen) atoms. The SMILES string of the molecule is Cc1ccc(S(=O)(=O)NCCC(=O)N2CCN(Cc3ccc(Cl)s3)CC2)cc1C. The molecule has 2 aromatic rings. The molecule has 1 saturated heterocycles. The number of thiophene rings is 1. The number of sulfonamides is 1. The van der Waals surface area contributed by atoms with Crippen molar-refractivity contribution in [3.05, 3.63) is 50.7 Å². The molecule has 1 fully saturated rings. The van der Waals surface area contributed by atoms with E-state index in [2.05, 4.69) is 9.62 Å². The van der Waals surface area contributed by atoms with E-state index in [1.54, 1.807) is 29.5 Å². The van der Waals surface area contributed by atoms with E-state index < -0.39 is 10.0 Å². The van der Waals surface area contributed by atoms with E-state index in [1.807, 2.05) is 30.9 Å². The van der Waals surface area contributed by atoms with Crippen LogP contribution in [0.25, 0.3) is 0 Å². The first-order valence-electron chi connectivity index (χ1n) is 9.56. The van der Waals surface area contributed by atoms with Gasteiger partial charge in [-0.2, -0.15) is 0 Å². The van der Waals surface area contributed by atoms with Crippen molar-refractivity contribution >= 4 is 38.9 Å². The summed E-state index contributed by atoms with van der Waals surface area (Å²) in [4.78, 5) is 18.0. The summed E-state index contributed by atoms with van der Waals surface area (Å²) in [6.45, 7) is 7.67. The van der Waals surface area contributed by atoms with Crippen molar-refractivity contribution in [2.75, 3.05) is 32.7 Å². The first kappa shape index (κ1) is 22.2. The van der Waals surface area contributed by atoms with Gasteiger partial charge in [0.25, 0.3) is 0 Å². The van der Waals surface area contributed by atoms with Gasteiger partial charge in [-0.05, 0) is 49.2 Å². The third-order valence-corrected chi connectivity index (χ3v) is 7.83. The quantitative estimate of drug-likeness (QED) is 0.696. The zero-order valence-corrected chi connectivity index (χ0v) is 19.0. The van der Waals surface area contributed by atoms with Crippen molar-refractivity contribution in [1.29, 1.82) is 0 Å². The predicted octanol–water partition coefficient (Wildman–Crippen LogP) is 3.03. The predicted molar refractivity (Wildman–Crippen MR) is 117 cm³/mol. The Kier molecular flexibility index (Phi) is 7.34. The van der Waals surface area contributed by atoms with Crippen LogP contribution in [0.2, 0.25) is 4.34 Å². The smallest absolute Gasteiger partial charge is 0.240 e. The van der Waals surface area contributed by atoms with Crippen molar-refractivity contribution in [3.63, 3.8) is 0 Å². The molecule has 0 saturated carbocycles. The van der Waals surface area contributed by atoms with Gasteiger partial charge in [0.15, 0.2) is 0 Å². The summed E-state index contributed by atoms with van der Waals surface area (Å²) in [5, 5.41) is 0. The van der Waals surface area contributed by atoms with Crippen LogP contribution in [0.15, 0.2) is 35.2 Å². The molecule has 1 aromatic heterocycles. The number of piperazine rings is 1. The number of aryl methyl sites for hydroxylation is 2. The summed E-state index contributed by atoms with van der Waals surface area (Å²) in [7, 11) is -3.61. The van der Waals surface area contributed by atoms with Gasteiger partial charge in [0.05, 0.1) is 9.23 Å². The highest BCUT2D eigenvalue weighted by Gasteiger charge is 2.22. The molecule has 0 atom stereocenters. The monoisotopic (exact) mass is 455 g/mol. The maximum Gasteiger partial charge on any atom is 0.240 e. The number of carbonyl (C=O) groups is 1. The number of halogens is 1. The summed E-state index contributed by atoms with van der Waals surface area (Å²) in [5.74, 6) is -0.0217. The lowest BCUT2D eigenvalue weighted by Gasteiger charge is -2.34. The molecular weight excluding hydrogens is 430 g/mol. The van der Waals surface area contributed by atoms with E-state index in [0.717, 1.165) is 35.1 Å². The number of hydrogen-bond donors (Lipinski definition) is 1. The summed E-state index contributed by atoms with van der Waals surface area (Å²) < 4.78 is 28.2. The zero-order chi connectivity index (χ0) is 21.0. The van der Waals surface area contributed by atoms with Gasteiger partial charge in [-0.3, -0.25) is 9.69 Å². The average molecular weight is 456 g/mol. The van der Waals surface area contributed by atoms with E-state index in [9.17, 15) is 13.2 Å². The number of hydrogen-bond acceptors (Lipinski definition) is 5. The van der Waals surface area contributed by atoms with Crippen LogP contribution < -0.4 is 4.72 Å². The molecule has 2 heterocycles. The maximum absolute atomic E-state index is 12.4. The molecule has 3 rings (SSSR count). The second kappa shape index (κ2) is 9.57. The number of carbonyl (C=O) groups excluding carboxylic acids is 1. The molecule has 158 valence electrons. The molecule has 1 aromatic carbocycles. The van der Waals surface area contributed by atoms with Crippen LogP contribution in [0, 0.1) is 13.8 Å². The van der Waals surface area contributed by atoms with Crippen molar-refractivity contribution in [2.45, 2.75) is 31.7 Å². The fourth-order valence-corrected chi connectivity index (χ4v) is 5.47. The Hall–Kier alpha value is -1.45. The Balaban J connectivity index is 1.43. The summed E-state index contributed by atoms with van der Waals surface area (Å²) in [6, 6.07) is 8.97. The fraction of sp³-hybridized carbons (Fsp3) is 0.450. The van der Waals surface area contributed by atoms with Crippen LogP contribution in [0.4, 0.5) is 0 Å². The van der Waals surface area contributed by atoms with E-state index >= 15 is 0 Å². The molecule has 6 nitrogen and oxygen atoms in total. The van der Waals surface area contributed by atoms with Crippen LogP contribution in [0.5, 0.6) is 0 Å². The van der Waals surface area contributed by atoms with Gasteiger partial charge in [-0.1, -0.05) is 17.7 Å². The number of nitrogens with zero attached hydrogens (tertiary/aromatic N) is 2. The molecular formula is C20H26ClN3O3S2. The van der Waals surface area contributed by atoms with Gasteiger partial charge in [0.2, 0.25) is 15.9 Å². The van der Waals surface area contributed by atoms with Crippen molar-refractivity contribution in [2.24, 2.45) is 0 Å². The summed E-state index contributed by atoms with van der Waals surface area (Å²) >= 11 is 7.56. The third kappa shape index (κ3) is 6.02. The number of amides is 1. The first-order chi connectivity index (χ1) is 13.7. The third-order valence-electron chi connectivity index (χ3n) is 5.15. The fourth-order valence-electron chi connectivity index (χ4n) is 3.23. The Morgan fingerprint density at radius 3 is 2.45 bits per heavy atom. The van der Waals surface area contributed by atoms with Crippen molar-refractivity contribution in [1.82, 2.24) is 14.5 Å². The van der Waals surface area contributed by atoms with Gasteiger partial charge >= 0.3 is 0 Å². The minimum absolute atomic E-state index is 0.0217. The highest BCUT2D eigenvalue weighted by atomic mass is 35.5. The number of rotatable bonds is 7. The zero-order valence-electron chi connectivity index (χ0n) is 16.7. The van der Waals surface area contributed by atoms with E-state index in [0.29, 0.717) is 13.1 Å². The van der Waals surface area contributed by atoms with Gasteiger partial charge in [-0.25, -0.2) is 13.1 Å². The van der Waals surface area contributed by atoms with Gasteiger partial charge in [-0.15, -0.1) is 11.3 Å². The molecule has 9 heteroatoms.